The molecule has 0 aliphatic heterocycles. The molecule has 2 aromatic carbocycles. The van der Waals surface area contributed by atoms with Gasteiger partial charge in [-0.1, -0.05) is 6.07 Å². The molecule has 0 radical (unpaired) electrons. The Kier molecular flexibility index (Phi) is 4.88. The lowest BCUT2D eigenvalue weighted by molar-refractivity contribution is 0.247. The molecule has 0 aromatic heterocycles. The third kappa shape index (κ3) is 4.19. The molecule has 2 N–H and O–H groups in total. The molecule has 106 valence electrons. The standard InChI is InChI=1S/C17H21NO2/c1-13-4-7-17(12-14(13)2)20-11-3-10-19-16-8-5-15(18)6-9-16/h4-9,12H,3,10-11,18H2,1-2H3. The van der Waals surface area contributed by atoms with E-state index >= 15 is 0 Å². The molecule has 0 unspecified atom stereocenters. The van der Waals surface area contributed by atoms with Crippen molar-refractivity contribution < 1.29 is 9.47 Å². The summed E-state index contributed by atoms with van der Waals surface area (Å²) in [4.78, 5) is 0. The average Bonchev–Trinajstić information content (AvgIpc) is 2.44. The summed E-state index contributed by atoms with van der Waals surface area (Å²) in [6, 6.07) is 13.6. The first-order valence-corrected chi connectivity index (χ1v) is 6.83. The van der Waals surface area contributed by atoms with Crippen LogP contribution in [0.4, 0.5) is 5.69 Å². The molecule has 0 heterocycles. The molecule has 0 fully saturated rings. The van der Waals surface area contributed by atoms with Gasteiger partial charge in [0.25, 0.3) is 0 Å². The van der Waals surface area contributed by atoms with Gasteiger partial charge in [0.05, 0.1) is 13.2 Å². The summed E-state index contributed by atoms with van der Waals surface area (Å²) in [5.74, 6) is 1.76. The van der Waals surface area contributed by atoms with E-state index in [0.717, 1.165) is 23.6 Å². The largest absolute Gasteiger partial charge is 0.493 e. The van der Waals surface area contributed by atoms with E-state index in [9.17, 15) is 0 Å². The molecule has 0 spiro atoms. The third-order valence-corrected chi connectivity index (χ3v) is 3.18. The van der Waals surface area contributed by atoms with Crippen molar-refractivity contribution in [2.45, 2.75) is 20.3 Å². The van der Waals surface area contributed by atoms with Gasteiger partial charge < -0.3 is 15.2 Å². The lowest BCUT2D eigenvalue weighted by Crippen LogP contribution is -2.05. The van der Waals surface area contributed by atoms with Gasteiger partial charge in [0, 0.05) is 12.1 Å². The molecule has 0 amide bonds. The van der Waals surface area contributed by atoms with E-state index in [1.54, 1.807) is 0 Å². The predicted octanol–water partition coefficient (Wildman–Crippen LogP) is 3.73. The minimum absolute atomic E-state index is 0.634. The SMILES string of the molecule is Cc1ccc(OCCCOc2ccc(N)cc2)cc1C. The molecule has 0 saturated heterocycles. The fourth-order valence-electron chi connectivity index (χ4n) is 1.81. The van der Waals surface area contributed by atoms with Crippen molar-refractivity contribution in [3.8, 4) is 11.5 Å². The zero-order valence-corrected chi connectivity index (χ0v) is 12.1. The number of anilines is 1. The van der Waals surface area contributed by atoms with Gasteiger partial charge in [0.1, 0.15) is 11.5 Å². The van der Waals surface area contributed by atoms with Crippen molar-refractivity contribution in [2.75, 3.05) is 18.9 Å². The summed E-state index contributed by atoms with van der Waals surface area (Å²) in [6.45, 7) is 5.47. The highest BCUT2D eigenvalue weighted by atomic mass is 16.5. The molecule has 0 saturated carbocycles. The minimum Gasteiger partial charge on any atom is -0.493 e. The molecule has 0 bridgehead atoms. The highest BCUT2D eigenvalue weighted by molar-refractivity contribution is 5.41. The minimum atomic E-state index is 0.634. The van der Waals surface area contributed by atoms with Crippen LogP contribution in [0.5, 0.6) is 11.5 Å². The molecule has 2 aromatic rings. The summed E-state index contributed by atoms with van der Waals surface area (Å²) in [5, 5.41) is 0. The summed E-state index contributed by atoms with van der Waals surface area (Å²) < 4.78 is 11.3. The lowest BCUT2D eigenvalue weighted by Gasteiger charge is -2.09. The van der Waals surface area contributed by atoms with E-state index in [2.05, 4.69) is 26.0 Å². The Hall–Kier alpha value is -2.16. The predicted molar refractivity (Wildman–Crippen MR) is 82.4 cm³/mol. The second-order valence-corrected chi connectivity index (χ2v) is 4.87. The maximum atomic E-state index is 5.70. The Morgan fingerprint density at radius 3 is 2.05 bits per heavy atom. The first-order valence-electron chi connectivity index (χ1n) is 6.83. The topological polar surface area (TPSA) is 44.5 Å². The van der Waals surface area contributed by atoms with Crippen LogP contribution in [0, 0.1) is 13.8 Å². The first kappa shape index (κ1) is 14.3. The van der Waals surface area contributed by atoms with Gasteiger partial charge in [-0.2, -0.15) is 0 Å². The number of nitrogens with two attached hydrogens (primary N) is 1. The normalized spacial score (nSPS) is 10.3. The zero-order valence-electron chi connectivity index (χ0n) is 12.1. The van der Waals surface area contributed by atoms with Crippen LogP contribution in [0.15, 0.2) is 42.5 Å². The van der Waals surface area contributed by atoms with Crippen LogP contribution >= 0.6 is 0 Å². The Bertz CT molecular complexity index is 549. The highest BCUT2D eigenvalue weighted by Gasteiger charge is 1.98. The second kappa shape index (κ2) is 6.85. The van der Waals surface area contributed by atoms with Crippen LogP contribution in [0.3, 0.4) is 0 Å². The van der Waals surface area contributed by atoms with Crippen molar-refractivity contribution in [1.82, 2.24) is 0 Å². The molecule has 0 atom stereocenters. The van der Waals surface area contributed by atoms with Gasteiger partial charge in [-0.05, 0) is 61.4 Å². The molecular formula is C17H21NO2. The number of benzene rings is 2. The quantitative estimate of drug-likeness (QED) is 0.643. The van der Waals surface area contributed by atoms with Crippen molar-refractivity contribution >= 4 is 5.69 Å². The van der Waals surface area contributed by atoms with E-state index in [1.807, 2.05) is 30.3 Å². The number of hydrogen-bond acceptors (Lipinski definition) is 3. The Balaban J connectivity index is 1.68. The molecule has 3 heteroatoms. The molecule has 0 aliphatic carbocycles. The maximum absolute atomic E-state index is 5.70. The average molecular weight is 271 g/mol. The second-order valence-electron chi connectivity index (χ2n) is 4.87. The van der Waals surface area contributed by atoms with Gasteiger partial charge in [-0.3, -0.25) is 0 Å². The zero-order chi connectivity index (χ0) is 14.4. The number of ether oxygens (including phenoxy) is 2. The van der Waals surface area contributed by atoms with Gasteiger partial charge in [0.15, 0.2) is 0 Å². The van der Waals surface area contributed by atoms with Crippen LogP contribution in [0.1, 0.15) is 17.5 Å². The van der Waals surface area contributed by atoms with Crippen LogP contribution in [-0.4, -0.2) is 13.2 Å². The number of aryl methyl sites for hydroxylation is 2. The molecule has 3 nitrogen and oxygen atoms in total. The fraction of sp³-hybridized carbons (Fsp3) is 0.294. The molecule has 20 heavy (non-hydrogen) atoms. The summed E-state index contributed by atoms with van der Waals surface area (Å²) in [7, 11) is 0. The van der Waals surface area contributed by atoms with E-state index in [0.29, 0.717) is 13.2 Å². The lowest BCUT2D eigenvalue weighted by atomic mass is 10.1. The van der Waals surface area contributed by atoms with Crippen molar-refractivity contribution in [3.63, 3.8) is 0 Å². The van der Waals surface area contributed by atoms with Crippen LogP contribution in [-0.2, 0) is 0 Å². The highest BCUT2D eigenvalue weighted by Crippen LogP contribution is 2.17. The number of hydrogen-bond donors (Lipinski definition) is 1. The Morgan fingerprint density at radius 2 is 1.40 bits per heavy atom. The molecular weight excluding hydrogens is 250 g/mol. The van der Waals surface area contributed by atoms with Crippen molar-refractivity contribution in [3.05, 3.63) is 53.6 Å². The van der Waals surface area contributed by atoms with E-state index < -0.39 is 0 Å². The van der Waals surface area contributed by atoms with Crippen LogP contribution < -0.4 is 15.2 Å². The van der Waals surface area contributed by atoms with Gasteiger partial charge >= 0.3 is 0 Å². The van der Waals surface area contributed by atoms with E-state index in [-0.39, 0.29) is 0 Å². The summed E-state index contributed by atoms with van der Waals surface area (Å²) >= 11 is 0. The van der Waals surface area contributed by atoms with Crippen LogP contribution in [0.2, 0.25) is 0 Å². The van der Waals surface area contributed by atoms with Crippen LogP contribution in [0.25, 0.3) is 0 Å². The smallest absolute Gasteiger partial charge is 0.119 e. The Morgan fingerprint density at radius 1 is 0.800 bits per heavy atom. The van der Waals surface area contributed by atoms with Crippen molar-refractivity contribution in [2.24, 2.45) is 0 Å². The maximum Gasteiger partial charge on any atom is 0.119 e. The van der Waals surface area contributed by atoms with Gasteiger partial charge in [-0.15, -0.1) is 0 Å². The summed E-state index contributed by atoms with van der Waals surface area (Å²) in [6.07, 6.45) is 0.845. The fourth-order valence-corrected chi connectivity index (χ4v) is 1.81. The summed E-state index contributed by atoms with van der Waals surface area (Å²) in [5.41, 5.74) is 8.89. The number of nitrogen functional groups attached to an aromatic ring is 1. The number of rotatable bonds is 6. The van der Waals surface area contributed by atoms with Gasteiger partial charge in [-0.25, -0.2) is 0 Å². The first-order chi connectivity index (χ1) is 9.65. The third-order valence-electron chi connectivity index (χ3n) is 3.18. The van der Waals surface area contributed by atoms with Crippen molar-refractivity contribution in [1.29, 1.82) is 0 Å². The van der Waals surface area contributed by atoms with E-state index in [1.165, 1.54) is 11.1 Å². The van der Waals surface area contributed by atoms with E-state index in [4.69, 9.17) is 15.2 Å². The molecule has 2 rings (SSSR count). The Labute approximate surface area is 120 Å². The van der Waals surface area contributed by atoms with Gasteiger partial charge in [0.2, 0.25) is 0 Å². The monoisotopic (exact) mass is 271 g/mol. The molecule has 0 aliphatic rings.